The molecule has 0 aliphatic carbocycles. The van der Waals surface area contributed by atoms with Crippen LogP contribution in [0.4, 0.5) is 4.79 Å². The normalized spacial score (nSPS) is 22.2. The number of nitrogens with zero attached hydrogens (tertiary/aromatic N) is 7. The van der Waals surface area contributed by atoms with Crippen molar-refractivity contribution in [2.45, 2.75) is 24.0 Å². The first kappa shape index (κ1) is 23.0. The van der Waals surface area contributed by atoms with Crippen LogP contribution in [0.5, 0.6) is 11.5 Å². The Hall–Kier alpha value is -4.15. The van der Waals surface area contributed by atoms with Gasteiger partial charge in [0.1, 0.15) is 17.0 Å². The van der Waals surface area contributed by atoms with Crippen molar-refractivity contribution in [1.82, 2.24) is 4.90 Å². The maximum atomic E-state index is 13.1. The largest absolute Gasteiger partial charge is 0.497 e. The Bertz CT molecular complexity index is 1140. The molecule has 2 unspecified atom stereocenters. The van der Waals surface area contributed by atoms with Gasteiger partial charge in [0.2, 0.25) is 5.66 Å². The van der Waals surface area contributed by atoms with Crippen LogP contribution in [0.2, 0.25) is 0 Å². The second-order valence-corrected chi connectivity index (χ2v) is 7.92. The topological polar surface area (TPSA) is 122 Å². The van der Waals surface area contributed by atoms with Gasteiger partial charge in [0.15, 0.2) is 0 Å². The summed E-state index contributed by atoms with van der Waals surface area (Å²) in [6, 6.07) is 15.1. The molecule has 176 valence electrons. The molecule has 0 aromatic heterocycles. The summed E-state index contributed by atoms with van der Waals surface area (Å²) in [4.78, 5) is 14.6. The fourth-order valence-corrected chi connectivity index (χ4v) is 4.04. The molecule has 1 amide bonds. The van der Waals surface area contributed by atoms with Crippen molar-refractivity contribution in [3.8, 4) is 11.5 Å². The van der Waals surface area contributed by atoms with E-state index in [1.807, 2.05) is 48.5 Å². The molecule has 0 radical (unpaired) electrons. The van der Waals surface area contributed by atoms with Gasteiger partial charge in [0.25, 0.3) is 0 Å². The first-order valence-electron chi connectivity index (χ1n) is 10.6. The van der Waals surface area contributed by atoms with Crippen molar-refractivity contribution in [2.75, 3.05) is 27.9 Å². The second-order valence-electron chi connectivity index (χ2n) is 7.92. The molecule has 0 saturated heterocycles. The van der Waals surface area contributed by atoms with Crippen molar-refractivity contribution in [2.24, 2.45) is 30.9 Å². The average Bonchev–Trinajstić information content (AvgIpc) is 3.53. The zero-order valence-electron chi connectivity index (χ0n) is 19.2. The molecule has 0 spiro atoms. The predicted octanol–water partition coefficient (Wildman–Crippen LogP) is 3.90. The lowest BCUT2D eigenvalue weighted by molar-refractivity contribution is 0.0834. The first-order valence-corrected chi connectivity index (χ1v) is 10.6. The lowest BCUT2D eigenvalue weighted by Gasteiger charge is -2.38. The third-order valence-electron chi connectivity index (χ3n) is 5.71. The minimum Gasteiger partial charge on any atom is -0.497 e. The predicted molar refractivity (Wildman–Crippen MR) is 125 cm³/mol. The maximum absolute atomic E-state index is 13.1. The number of amides is 1. The van der Waals surface area contributed by atoms with Crippen LogP contribution in [0.15, 0.2) is 79.4 Å². The van der Waals surface area contributed by atoms with Crippen LogP contribution in [0.3, 0.4) is 0 Å². The molecule has 2 aliphatic heterocycles. The Morgan fingerprint density at radius 2 is 1.71 bits per heavy atom. The lowest BCUT2D eigenvalue weighted by Crippen LogP contribution is -2.58. The summed E-state index contributed by atoms with van der Waals surface area (Å²) < 4.78 is 16.0. The smallest absolute Gasteiger partial charge is 0.411 e. The number of rotatable bonds is 9. The van der Waals surface area contributed by atoms with Crippen molar-refractivity contribution in [3.05, 3.63) is 59.7 Å². The van der Waals surface area contributed by atoms with Crippen molar-refractivity contribution >= 4 is 18.5 Å². The molecule has 2 atom stereocenters. The summed E-state index contributed by atoms with van der Waals surface area (Å²) in [6.07, 6.45) is 3.23. The minimum absolute atomic E-state index is 0.0735. The van der Waals surface area contributed by atoms with Gasteiger partial charge in [-0.1, -0.05) is 30.3 Å². The summed E-state index contributed by atoms with van der Waals surface area (Å²) in [5.74, 6) is 1.38. The first-order chi connectivity index (χ1) is 16.5. The number of hydrogen-bond acceptors (Lipinski definition) is 10. The van der Waals surface area contributed by atoms with E-state index >= 15 is 0 Å². The molecule has 0 saturated carbocycles. The number of para-hydroxylation sites is 1. The lowest BCUT2D eigenvalue weighted by atomic mass is 9.90. The van der Waals surface area contributed by atoms with Crippen LogP contribution >= 0.6 is 0 Å². The van der Waals surface area contributed by atoms with Crippen LogP contribution in [0.25, 0.3) is 0 Å². The summed E-state index contributed by atoms with van der Waals surface area (Å²) in [6.45, 7) is 0.0735. The Morgan fingerprint density at radius 3 is 2.38 bits per heavy atom. The fourth-order valence-electron chi connectivity index (χ4n) is 4.04. The van der Waals surface area contributed by atoms with Crippen LogP contribution < -0.4 is 9.47 Å². The maximum Gasteiger partial charge on any atom is 0.411 e. The Morgan fingerprint density at radius 1 is 0.912 bits per heavy atom. The van der Waals surface area contributed by atoms with E-state index in [1.54, 1.807) is 20.4 Å². The van der Waals surface area contributed by atoms with E-state index in [0.717, 1.165) is 11.1 Å². The van der Waals surface area contributed by atoms with Gasteiger partial charge in [-0.05, 0) is 39.8 Å². The Kier molecular flexibility index (Phi) is 6.62. The highest BCUT2D eigenvalue weighted by Crippen LogP contribution is 2.33. The van der Waals surface area contributed by atoms with Crippen LogP contribution in [-0.2, 0) is 17.6 Å². The van der Waals surface area contributed by atoms with Crippen LogP contribution in [0, 0.1) is 0 Å². The van der Waals surface area contributed by atoms with Gasteiger partial charge in [0, 0.05) is 12.8 Å². The zero-order valence-corrected chi connectivity index (χ0v) is 19.2. The summed E-state index contributed by atoms with van der Waals surface area (Å²) >= 11 is 0. The van der Waals surface area contributed by atoms with Crippen molar-refractivity contribution < 1.29 is 19.0 Å². The van der Waals surface area contributed by atoms with Gasteiger partial charge >= 0.3 is 6.09 Å². The number of benzene rings is 2. The number of carbonyl (C=O) groups is 1. The van der Waals surface area contributed by atoms with Crippen LogP contribution in [-0.4, -0.2) is 62.5 Å². The highest BCUT2D eigenvalue weighted by atomic mass is 16.5. The molecule has 11 heteroatoms. The molecule has 2 heterocycles. The highest BCUT2D eigenvalue weighted by molar-refractivity contribution is 5.82. The van der Waals surface area contributed by atoms with E-state index in [1.165, 1.54) is 18.2 Å². The summed E-state index contributed by atoms with van der Waals surface area (Å²) in [5.41, 5.74) is -0.415. The van der Waals surface area contributed by atoms with Gasteiger partial charge in [-0.3, -0.25) is 4.90 Å². The molecule has 2 aromatic rings. The van der Waals surface area contributed by atoms with Gasteiger partial charge in [-0.25, -0.2) is 4.79 Å². The monoisotopic (exact) mass is 463 g/mol. The van der Waals surface area contributed by atoms with Gasteiger partial charge in [-0.2, -0.15) is 5.11 Å². The second kappa shape index (κ2) is 9.77. The third-order valence-corrected chi connectivity index (χ3v) is 5.71. The van der Waals surface area contributed by atoms with E-state index in [4.69, 9.17) is 14.2 Å². The SMILES string of the molecule is COC(=O)N(CC1(Cc2cccc(OC)c2)C=NN=N1)C1(Cc2ccccc2OC)C=NN=N1. The van der Waals surface area contributed by atoms with E-state index < -0.39 is 17.3 Å². The van der Waals surface area contributed by atoms with Crippen molar-refractivity contribution in [3.63, 3.8) is 0 Å². The number of hydrogen-bond donors (Lipinski definition) is 0. The van der Waals surface area contributed by atoms with E-state index in [9.17, 15) is 4.79 Å². The molecule has 2 aromatic carbocycles. The Balaban J connectivity index is 1.70. The number of methoxy groups -OCH3 is 3. The van der Waals surface area contributed by atoms with E-state index in [-0.39, 0.29) is 13.0 Å². The number of carbonyl (C=O) groups excluding carboxylic acids is 1. The molecular weight excluding hydrogens is 438 g/mol. The average molecular weight is 463 g/mol. The molecular formula is C23H25N7O4. The highest BCUT2D eigenvalue weighted by Gasteiger charge is 2.47. The molecule has 0 fully saturated rings. The third kappa shape index (κ3) is 4.63. The van der Waals surface area contributed by atoms with E-state index in [2.05, 4.69) is 30.9 Å². The minimum atomic E-state index is -1.24. The molecule has 11 nitrogen and oxygen atoms in total. The van der Waals surface area contributed by atoms with Gasteiger partial charge < -0.3 is 14.2 Å². The molecule has 4 rings (SSSR count). The zero-order chi connectivity index (χ0) is 24.0. The van der Waals surface area contributed by atoms with Crippen molar-refractivity contribution in [1.29, 1.82) is 0 Å². The summed E-state index contributed by atoms with van der Waals surface area (Å²) in [5, 5.41) is 24.4. The number of ether oxygens (including phenoxy) is 3. The van der Waals surface area contributed by atoms with Crippen LogP contribution in [0.1, 0.15) is 11.1 Å². The van der Waals surface area contributed by atoms with Gasteiger partial charge in [-0.15, -0.1) is 15.3 Å². The molecule has 34 heavy (non-hydrogen) atoms. The summed E-state index contributed by atoms with van der Waals surface area (Å²) in [7, 11) is 4.51. The molecule has 2 aliphatic rings. The molecule has 0 bridgehead atoms. The van der Waals surface area contributed by atoms with Gasteiger partial charge in [0.05, 0.1) is 40.3 Å². The standard InChI is InChI=1S/C23H25N7O4/c1-32-19-9-6-7-17(11-19)12-22(14-24-28-26-22)16-30(21(31)34-3)23(15-25-29-27-23)13-18-8-4-5-10-20(18)33-2/h4-11,14-15H,12-13,16H2,1-3H3. The fraction of sp³-hybridized carbons (Fsp3) is 0.348. The van der Waals surface area contributed by atoms with E-state index in [0.29, 0.717) is 17.9 Å². The quantitative estimate of drug-likeness (QED) is 0.560. The molecule has 0 N–H and O–H groups in total. The Labute approximate surface area is 196 Å².